The topological polar surface area (TPSA) is 64.2 Å². The summed E-state index contributed by atoms with van der Waals surface area (Å²) < 4.78 is 28.9. The van der Waals surface area contributed by atoms with Crippen molar-refractivity contribution in [3.63, 3.8) is 0 Å². The van der Waals surface area contributed by atoms with Crippen molar-refractivity contribution in [2.24, 2.45) is 5.73 Å². The van der Waals surface area contributed by atoms with Crippen LogP contribution < -0.4 is 5.73 Å². The quantitative estimate of drug-likeness (QED) is 0.907. The average molecular weight is 346 g/mol. The molecule has 1 fully saturated rings. The van der Waals surface area contributed by atoms with E-state index in [0.29, 0.717) is 12.2 Å². The summed E-state index contributed by atoms with van der Waals surface area (Å²) in [5, 5.41) is 4.42. The zero-order valence-electron chi connectivity index (χ0n) is 14.0. The number of nitrogens with two attached hydrogens (primary N) is 1. The van der Waals surface area contributed by atoms with Crippen LogP contribution in [0.3, 0.4) is 0 Å². The van der Waals surface area contributed by atoms with Gasteiger partial charge in [0.15, 0.2) is 11.5 Å². The Bertz CT molecular complexity index is 848. The van der Waals surface area contributed by atoms with Gasteiger partial charge in [0.2, 0.25) is 0 Å². The van der Waals surface area contributed by atoms with E-state index in [1.165, 1.54) is 16.8 Å². The van der Waals surface area contributed by atoms with E-state index in [9.17, 15) is 13.6 Å². The minimum atomic E-state index is -0.687. The summed E-state index contributed by atoms with van der Waals surface area (Å²) in [4.78, 5) is 14.7. The minimum Gasteiger partial charge on any atom is -0.333 e. The molecule has 132 valence electrons. The molecule has 0 spiro atoms. The summed E-state index contributed by atoms with van der Waals surface area (Å²) in [6, 6.07) is 3.43. The van der Waals surface area contributed by atoms with Crippen LogP contribution in [0.5, 0.6) is 0 Å². The first-order chi connectivity index (χ1) is 12.0. The Kier molecular flexibility index (Phi) is 3.83. The lowest BCUT2D eigenvalue weighted by molar-refractivity contribution is 0.0738. The number of carbonyl (C=O) groups excluding carboxylic acids is 1. The van der Waals surface area contributed by atoms with Crippen LogP contribution in [-0.4, -0.2) is 39.2 Å². The number of amides is 1. The second-order valence-electron chi connectivity index (χ2n) is 6.94. The third kappa shape index (κ3) is 2.63. The molecule has 1 amide bonds. The molecular weight excluding hydrogens is 326 g/mol. The molecule has 7 heteroatoms. The van der Waals surface area contributed by atoms with E-state index in [1.807, 2.05) is 6.92 Å². The Hall–Kier alpha value is -2.28. The molecular formula is C18H20F2N4O. The first-order valence-electron chi connectivity index (χ1n) is 8.58. The summed E-state index contributed by atoms with van der Waals surface area (Å²) in [6.07, 6.45) is 3.13. The molecule has 1 saturated heterocycles. The van der Waals surface area contributed by atoms with E-state index < -0.39 is 11.6 Å². The van der Waals surface area contributed by atoms with Gasteiger partial charge in [-0.3, -0.25) is 4.79 Å². The fraction of sp³-hybridized carbons (Fsp3) is 0.444. The third-order valence-corrected chi connectivity index (χ3v) is 5.14. The number of hydrogen-bond acceptors (Lipinski definition) is 3. The van der Waals surface area contributed by atoms with Gasteiger partial charge < -0.3 is 10.6 Å². The van der Waals surface area contributed by atoms with E-state index in [2.05, 4.69) is 5.10 Å². The molecule has 2 heterocycles. The van der Waals surface area contributed by atoms with E-state index in [0.717, 1.165) is 43.0 Å². The standard InChI is InChI=1S/C18H20F2N4O/c1-10-7-12(21)9-23(10)18(25)17-13-3-2-4-15(13)24(22-17)16-6-5-11(19)8-14(16)20/h5-6,8,10,12H,2-4,7,9,21H2,1H3. The number of likely N-dealkylation sites (tertiary alicyclic amines) is 1. The van der Waals surface area contributed by atoms with Crippen LogP contribution in [0.1, 0.15) is 41.5 Å². The van der Waals surface area contributed by atoms with Gasteiger partial charge in [-0.25, -0.2) is 13.5 Å². The summed E-state index contributed by atoms with van der Waals surface area (Å²) in [5.41, 5.74) is 8.23. The molecule has 0 saturated carbocycles. The van der Waals surface area contributed by atoms with Crippen LogP contribution in [0.2, 0.25) is 0 Å². The Balaban J connectivity index is 1.77. The molecule has 2 aliphatic rings. The van der Waals surface area contributed by atoms with Gasteiger partial charge in [-0.15, -0.1) is 0 Å². The van der Waals surface area contributed by atoms with E-state index in [-0.39, 0.29) is 23.7 Å². The maximum absolute atomic E-state index is 14.2. The molecule has 1 aromatic carbocycles. The predicted molar refractivity (Wildman–Crippen MR) is 88.6 cm³/mol. The van der Waals surface area contributed by atoms with Gasteiger partial charge in [0, 0.05) is 36.0 Å². The molecule has 5 nitrogen and oxygen atoms in total. The van der Waals surface area contributed by atoms with Gasteiger partial charge in [0.05, 0.1) is 0 Å². The summed E-state index contributed by atoms with van der Waals surface area (Å²) in [5.74, 6) is -1.48. The molecule has 2 aromatic rings. The third-order valence-electron chi connectivity index (χ3n) is 5.14. The van der Waals surface area contributed by atoms with Gasteiger partial charge in [0.25, 0.3) is 5.91 Å². The normalized spacial score (nSPS) is 22.5. The highest BCUT2D eigenvalue weighted by atomic mass is 19.1. The van der Waals surface area contributed by atoms with E-state index in [4.69, 9.17) is 5.73 Å². The number of fused-ring (bicyclic) bond motifs is 1. The monoisotopic (exact) mass is 346 g/mol. The second-order valence-corrected chi connectivity index (χ2v) is 6.94. The van der Waals surface area contributed by atoms with Gasteiger partial charge >= 0.3 is 0 Å². The number of carbonyl (C=O) groups is 1. The van der Waals surface area contributed by atoms with E-state index >= 15 is 0 Å². The van der Waals surface area contributed by atoms with Crippen LogP contribution in [0.15, 0.2) is 18.2 Å². The molecule has 0 radical (unpaired) electrons. The maximum Gasteiger partial charge on any atom is 0.274 e. The zero-order valence-corrected chi connectivity index (χ0v) is 14.0. The van der Waals surface area contributed by atoms with E-state index in [1.54, 1.807) is 4.90 Å². The molecule has 4 rings (SSSR count). The SMILES string of the molecule is CC1CC(N)CN1C(=O)c1nn(-c2ccc(F)cc2F)c2c1CCC2. The first kappa shape index (κ1) is 16.2. The molecule has 2 atom stereocenters. The van der Waals surface area contributed by atoms with Crippen LogP contribution in [-0.2, 0) is 12.8 Å². The molecule has 1 aromatic heterocycles. The van der Waals surface area contributed by atoms with Crippen molar-refractivity contribution in [1.29, 1.82) is 0 Å². The molecule has 2 N–H and O–H groups in total. The number of benzene rings is 1. The van der Waals surface area contributed by atoms with Crippen molar-refractivity contribution in [3.05, 3.63) is 46.8 Å². The molecule has 1 aliphatic carbocycles. The minimum absolute atomic E-state index is 0.0244. The first-order valence-corrected chi connectivity index (χ1v) is 8.58. The van der Waals surface area contributed by atoms with Crippen molar-refractivity contribution in [2.75, 3.05) is 6.54 Å². The molecule has 2 unspecified atom stereocenters. The number of aromatic nitrogens is 2. The summed E-state index contributed by atoms with van der Waals surface area (Å²) in [7, 11) is 0. The van der Waals surface area contributed by atoms with Crippen LogP contribution >= 0.6 is 0 Å². The summed E-state index contributed by atoms with van der Waals surface area (Å²) in [6.45, 7) is 2.48. The highest BCUT2D eigenvalue weighted by Gasteiger charge is 2.35. The van der Waals surface area contributed by atoms with Crippen LogP contribution in [0, 0.1) is 11.6 Å². The van der Waals surface area contributed by atoms with Gasteiger partial charge in [-0.1, -0.05) is 0 Å². The number of halogens is 2. The van der Waals surface area contributed by atoms with Gasteiger partial charge in [-0.05, 0) is 44.7 Å². The van der Waals surface area contributed by atoms with Crippen LogP contribution in [0.25, 0.3) is 5.69 Å². The lowest BCUT2D eigenvalue weighted by Crippen LogP contribution is -2.36. The highest BCUT2D eigenvalue weighted by Crippen LogP contribution is 2.30. The van der Waals surface area contributed by atoms with Crippen molar-refractivity contribution in [2.45, 2.75) is 44.7 Å². The largest absolute Gasteiger partial charge is 0.333 e. The smallest absolute Gasteiger partial charge is 0.274 e. The number of hydrogen-bond donors (Lipinski definition) is 1. The lowest BCUT2D eigenvalue weighted by Gasteiger charge is -2.20. The lowest BCUT2D eigenvalue weighted by atomic mass is 10.1. The zero-order chi connectivity index (χ0) is 17.7. The molecule has 25 heavy (non-hydrogen) atoms. The van der Waals surface area contributed by atoms with Crippen molar-refractivity contribution >= 4 is 5.91 Å². The second kappa shape index (κ2) is 5.91. The Morgan fingerprint density at radius 2 is 2.12 bits per heavy atom. The fourth-order valence-corrected chi connectivity index (χ4v) is 3.95. The predicted octanol–water partition coefficient (Wildman–Crippen LogP) is 2.20. The summed E-state index contributed by atoms with van der Waals surface area (Å²) >= 11 is 0. The Labute approximate surface area is 144 Å². The number of nitrogens with zero attached hydrogens (tertiary/aromatic N) is 3. The van der Waals surface area contributed by atoms with Crippen molar-refractivity contribution in [3.8, 4) is 5.69 Å². The van der Waals surface area contributed by atoms with Gasteiger partial charge in [0.1, 0.15) is 11.5 Å². The maximum atomic E-state index is 14.2. The molecule has 1 aliphatic heterocycles. The Morgan fingerprint density at radius 3 is 2.80 bits per heavy atom. The van der Waals surface area contributed by atoms with Crippen LogP contribution in [0.4, 0.5) is 8.78 Å². The Morgan fingerprint density at radius 1 is 1.32 bits per heavy atom. The fourth-order valence-electron chi connectivity index (χ4n) is 3.95. The molecule has 0 bridgehead atoms. The highest BCUT2D eigenvalue weighted by molar-refractivity contribution is 5.94. The van der Waals surface area contributed by atoms with Crippen molar-refractivity contribution < 1.29 is 13.6 Å². The number of rotatable bonds is 2. The van der Waals surface area contributed by atoms with Crippen molar-refractivity contribution in [1.82, 2.24) is 14.7 Å². The van der Waals surface area contributed by atoms with Gasteiger partial charge in [-0.2, -0.15) is 5.10 Å². The average Bonchev–Trinajstić information content (AvgIpc) is 3.22.